The van der Waals surface area contributed by atoms with Crippen LogP contribution in [0.4, 0.5) is 0 Å². The van der Waals surface area contributed by atoms with Crippen molar-refractivity contribution in [3.8, 4) is 0 Å². The zero-order chi connectivity index (χ0) is 13.9. The number of hydrogen-bond donors (Lipinski definition) is 2. The molecular formula is C16H24N2O2. The summed E-state index contributed by atoms with van der Waals surface area (Å²) < 4.78 is 5.44. The van der Waals surface area contributed by atoms with Gasteiger partial charge in [0.15, 0.2) is 0 Å². The molecule has 0 aromatic carbocycles. The summed E-state index contributed by atoms with van der Waals surface area (Å²) >= 11 is 0. The molecule has 2 heterocycles. The highest BCUT2D eigenvalue weighted by molar-refractivity contribution is 5.26. The Morgan fingerprint density at radius 3 is 2.90 bits per heavy atom. The second-order valence-electron chi connectivity index (χ2n) is 6.11. The van der Waals surface area contributed by atoms with Gasteiger partial charge in [-0.3, -0.25) is 4.79 Å². The zero-order valence-electron chi connectivity index (χ0n) is 12.2. The minimum absolute atomic E-state index is 0.0156. The monoisotopic (exact) mass is 276 g/mol. The molecular weight excluding hydrogens is 252 g/mol. The van der Waals surface area contributed by atoms with Crippen LogP contribution in [-0.4, -0.2) is 24.2 Å². The molecule has 2 N–H and O–H groups in total. The molecule has 1 fully saturated rings. The van der Waals surface area contributed by atoms with Crippen LogP contribution >= 0.6 is 0 Å². The fourth-order valence-corrected chi connectivity index (χ4v) is 3.54. The fourth-order valence-electron chi connectivity index (χ4n) is 3.54. The molecule has 0 amide bonds. The molecule has 3 rings (SSSR count). The van der Waals surface area contributed by atoms with E-state index in [2.05, 4.69) is 17.2 Å². The molecule has 1 aromatic rings. The molecule has 2 unspecified atom stereocenters. The molecule has 0 radical (unpaired) electrons. The molecule has 4 nitrogen and oxygen atoms in total. The van der Waals surface area contributed by atoms with Crippen molar-refractivity contribution in [3.63, 3.8) is 0 Å². The van der Waals surface area contributed by atoms with Crippen molar-refractivity contribution < 1.29 is 4.74 Å². The number of H-pyrrole nitrogens is 1. The number of aromatic nitrogens is 1. The molecule has 0 saturated carbocycles. The highest BCUT2D eigenvalue weighted by Gasteiger charge is 2.26. The number of hydrogen-bond acceptors (Lipinski definition) is 3. The Balaban J connectivity index is 1.70. The first-order valence-electron chi connectivity index (χ1n) is 7.80. The van der Waals surface area contributed by atoms with E-state index in [1.54, 1.807) is 6.07 Å². The van der Waals surface area contributed by atoms with E-state index in [9.17, 15) is 4.79 Å². The van der Waals surface area contributed by atoms with Gasteiger partial charge in [0.25, 0.3) is 0 Å². The average molecular weight is 276 g/mol. The summed E-state index contributed by atoms with van der Waals surface area (Å²) in [4.78, 5) is 14.4. The number of pyridine rings is 1. The van der Waals surface area contributed by atoms with Crippen molar-refractivity contribution in [1.29, 1.82) is 0 Å². The predicted molar refractivity (Wildman–Crippen MR) is 78.9 cm³/mol. The molecule has 20 heavy (non-hydrogen) atoms. The van der Waals surface area contributed by atoms with E-state index in [-0.39, 0.29) is 5.56 Å². The highest BCUT2D eigenvalue weighted by Crippen LogP contribution is 2.29. The van der Waals surface area contributed by atoms with Gasteiger partial charge < -0.3 is 15.0 Å². The Labute approximate surface area is 119 Å². The summed E-state index contributed by atoms with van der Waals surface area (Å²) in [5, 5.41) is 3.79. The number of ether oxygens (including phenoxy) is 1. The van der Waals surface area contributed by atoms with Gasteiger partial charge in [-0.2, -0.15) is 0 Å². The van der Waals surface area contributed by atoms with Gasteiger partial charge in [-0.15, -0.1) is 0 Å². The van der Waals surface area contributed by atoms with Gasteiger partial charge in [0.2, 0.25) is 5.56 Å². The van der Waals surface area contributed by atoms with Crippen LogP contribution < -0.4 is 10.9 Å². The number of aromatic amines is 1. The van der Waals surface area contributed by atoms with Crippen LogP contribution in [0, 0.1) is 5.92 Å². The molecule has 2 aliphatic rings. The van der Waals surface area contributed by atoms with Crippen molar-refractivity contribution >= 4 is 0 Å². The summed E-state index contributed by atoms with van der Waals surface area (Å²) in [5.74, 6) is 0.705. The van der Waals surface area contributed by atoms with E-state index >= 15 is 0 Å². The van der Waals surface area contributed by atoms with Crippen molar-refractivity contribution in [2.45, 2.75) is 51.1 Å². The number of rotatable bonds is 3. The quantitative estimate of drug-likeness (QED) is 0.889. The Bertz CT molecular complexity index is 505. The first-order valence-corrected chi connectivity index (χ1v) is 7.80. The van der Waals surface area contributed by atoms with Crippen molar-refractivity contribution in [3.05, 3.63) is 33.7 Å². The van der Waals surface area contributed by atoms with E-state index in [0.29, 0.717) is 18.0 Å². The lowest BCUT2D eigenvalue weighted by Gasteiger charge is -2.34. The van der Waals surface area contributed by atoms with Gasteiger partial charge in [0, 0.05) is 37.1 Å². The third kappa shape index (κ3) is 2.96. The second kappa shape index (κ2) is 6.10. The van der Waals surface area contributed by atoms with E-state index in [4.69, 9.17) is 4.74 Å². The van der Waals surface area contributed by atoms with Gasteiger partial charge in [-0.05, 0) is 50.5 Å². The smallest absolute Gasteiger partial charge is 0.248 e. The Morgan fingerprint density at radius 2 is 2.10 bits per heavy atom. The maximum Gasteiger partial charge on any atom is 0.248 e. The summed E-state index contributed by atoms with van der Waals surface area (Å²) in [6.07, 6.45) is 5.60. The predicted octanol–water partition coefficient (Wildman–Crippen LogP) is 2.16. The fraction of sp³-hybridized carbons (Fsp3) is 0.688. The molecule has 1 aromatic heterocycles. The summed E-state index contributed by atoms with van der Waals surface area (Å²) in [5.41, 5.74) is 2.43. The van der Waals surface area contributed by atoms with Gasteiger partial charge in [0.05, 0.1) is 0 Å². The first kappa shape index (κ1) is 13.8. The van der Waals surface area contributed by atoms with Crippen LogP contribution in [-0.2, 0) is 11.2 Å². The molecule has 2 atom stereocenters. The van der Waals surface area contributed by atoms with Gasteiger partial charge in [-0.1, -0.05) is 6.07 Å². The van der Waals surface area contributed by atoms with Crippen molar-refractivity contribution in [1.82, 2.24) is 10.3 Å². The van der Waals surface area contributed by atoms with Crippen LogP contribution in [0.25, 0.3) is 0 Å². The molecule has 1 saturated heterocycles. The summed E-state index contributed by atoms with van der Waals surface area (Å²) in [7, 11) is 0. The zero-order valence-corrected chi connectivity index (χ0v) is 12.2. The molecule has 0 bridgehead atoms. The number of fused-ring (bicyclic) bond motifs is 1. The van der Waals surface area contributed by atoms with E-state index < -0.39 is 0 Å². The molecule has 0 spiro atoms. The summed E-state index contributed by atoms with van der Waals surface area (Å²) in [6, 6.07) is 4.54. The lowest BCUT2D eigenvalue weighted by Crippen LogP contribution is -2.40. The highest BCUT2D eigenvalue weighted by atomic mass is 16.5. The van der Waals surface area contributed by atoms with Crippen LogP contribution in [0.2, 0.25) is 0 Å². The number of nitrogens with one attached hydrogen (secondary N) is 2. The largest absolute Gasteiger partial charge is 0.381 e. The molecule has 1 aliphatic heterocycles. The third-order valence-electron chi connectivity index (χ3n) is 4.77. The second-order valence-corrected chi connectivity index (χ2v) is 6.11. The Hall–Kier alpha value is -1.13. The van der Waals surface area contributed by atoms with Gasteiger partial charge >= 0.3 is 0 Å². The lowest BCUT2D eigenvalue weighted by atomic mass is 9.88. The first-order chi connectivity index (χ1) is 9.74. The molecule has 110 valence electrons. The SMILES string of the molecule is CC(NC1CCCc2[nH]c(=O)ccc21)C1CCOCC1. The third-order valence-corrected chi connectivity index (χ3v) is 4.77. The normalized spacial score (nSPS) is 25.1. The minimum Gasteiger partial charge on any atom is -0.381 e. The van der Waals surface area contributed by atoms with Crippen LogP contribution in [0.1, 0.15) is 49.9 Å². The van der Waals surface area contributed by atoms with Gasteiger partial charge in [-0.25, -0.2) is 0 Å². The van der Waals surface area contributed by atoms with Gasteiger partial charge in [0.1, 0.15) is 0 Å². The average Bonchev–Trinajstić information content (AvgIpc) is 2.48. The maximum absolute atomic E-state index is 11.4. The van der Waals surface area contributed by atoms with Crippen LogP contribution in [0.5, 0.6) is 0 Å². The van der Waals surface area contributed by atoms with E-state index in [1.807, 2.05) is 6.07 Å². The molecule has 1 aliphatic carbocycles. The number of aryl methyl sites for hydroxylation is 1. The van der Waals surface area contributed by atoms with E-state index in [0.717, 1.165) is 51.0 Å². The lowest BCUT2D eigenvalue weighted by molar-refractivity contribution is 0.0540. The van der Waals surface area contributed by atoms with Crippen molar-refractivity contribution in [2.75, 3.05) is 13.2 Å². The standard InChI is InChI=1S/C16H24N2O2/c1-11(12-7-9-20-10-8-12)17-14-3-2-4-15-13(14)5-6-16(19)18-15/h5-6,11-12,14,17H,2-4,7-10H2,1H3,(H,18,19). The van der Waals surface area contributed by atoms with E-state index in [1.165, 1.54) is 5.56 Å². The maximum atomic E-state index is 11.4. The Morgan fingerprint density at radius 1 is 1.30 bits per heavy atom. The molecule has 4 heteroatoms. The van der Waals surface area contributed by atoms with Crippen LogP contribution in [0.15, 0.2) is 16.9 Å². The van der Waals surface area contributed by atoms with Crippen molar-refractivity contribution in [2.24, 2.45) is 5.92 Å². The topological polar surface area (TPSA) is 54.1 Å². The minimum atomic E-state index is 0.0156. The van der Waals surface area contributed by atoms with Crippen LogP contribution in [0.3, 0.4) is 0 Å². The summed E-state index contributed by atoms with van der Waals surface area (Å²) in [6.45, 7) is 4.08. The Kier molecular flexibility index (Phi) is 4.22.